The SMILES string of the molecule is CSc1ccc([PH](=O)c2ccc(SC)cc2)cc1. The fraction of sp³-hybridized carbons (Fsp3) is 0.143. The summed E-state index contributed by atoms with van der Waals surface area (Å²) in [5.41, 5.74) is 0. The Bertz CT molecular complexity index is 485. The molecular formula is C14H15OPS2. The fourth-order valence-electron chi connectivity index (χ4n) is 1.65. The molecule has 0 fully saturated rings. The van der Waals surface area contributed by atoms with E-state index in [-0.39, 0.29) is 0 Å². The van der Waals surface area contributed by atoms with Gasteiger partial charge in [0.25, 0.3) is 0 Å². The van der Waals surface area contributed by atoms with E-state index < -0.39 is 7.80 Å². The Balaban J connectivity index is 2.23. The lowest BCUT2D eigenvalue weighted by Gasteiger charge is -2.04. The van der Waals surface area contributed by atoms with Crippen molar-refractivity contribution in [3.63, 3.8) is 0 Å². The lowest BCUT2D eigenvalue weighted by Crippen LogP contribution is -2.05. The second-order valence-corrected chi connectivity index (χ2v) is 7.36. The first-order valence-electron chi connectivity index (χ1n) is 5.57. The Hall–Kier alpha value is -0.630. The van der Waals surface area contributed by atoms with Gasteiger partial charge in [0.2, 0.25) is 0 Å². The van der Waals surface area contributed by atoms with Crippen LogP contribution in [-0.4, -0.2) is 12.5 Å². The molecule has 94 valence electrons. The summed E-state index contributed by atoms with van der Waals surface area (Å²) in [7, 11) is -1.86. The third-order valence-corrected chi connectivity index (χ3v) is 5.91. The highest BCUT2D eigenvalue weighted by atomic mass is 32.2. The molecule has 0 heterocycles. The molecule has 0 aliphatic heterocycles. The van der Waals surface area contributed by atoms with Crippen molar-refractivity contribution in [2.75, 3.05) is 12.5 Å². The van der Waals surface area contributed by atoms with Gasteiger partial charge in [-0.05, 0) is 36.8 Å². The summed E-state index contributed by atoms with van der Waals surface area (Å²) in [4.78, 5) is 2.40. The fourth-order valence-corrected chi connectivity index (χ4v) is 3.74. The first-order valence-corrected chi connectivity index (χ1v) is 9.43. The minimum absolute atomic E-state index is 0.926. The predicted molar refractivity (Wildman–Crippen MR) is 84.7 cm³/mol. The van der Waals surface area contributed by atoms with Gasteiger partial charge in [0.15, 0.2) is 0 Å². The van der Waals surface area contributed by atoms with Crippen LogP contribution in [-0.2, 0) is 4.57 Å². The summed E-state index contributed by atoms with van der Waals surface area (Å²) < 4.78 is 12.4. The topological polar surface area (TPSA) is 17.1 Å². The van der Waals surface area contributed by atoms with Crippen LogP contribution in [0.1, 0.15) is 0 Å². The van der Waals surface area contributed by atoms with E-state index in [1.165, 1.54) is 9.79 Å². The minimum Gasteiger partial charge on any atom is -0.317 e. The molecule has 0 amide bonds. The number of thioether (sulfide) groups is 2. The number of hydrogen-bond donors (Lipinski definition) is 0. The molecule has 2 aromatic rings. The van der Waals surface area contributed by atoms with Crippen molar-refractivity contribution in [3.05, 3.63) is 48.5 Å². The first-order chi connectivity index (χ1) is 8.74. The summed E-state index contributed by atoms with van der Waals surface area (Å²) in [6.07, 6.45) is 4.08. The van der Waals surface area contributed by atoms with E-state index in [0.29, 0.717) is 0 Å². The normalized spacial score (nSPS) is 10.8. The van der Waals surface area contributed by atoms with E-state index in [9.17, 15) is 4.57 Å². The van der Waals surface area contributed by atoms with Crippen LogP contribution in [0.3, 0.4) is 0 Å². The monoisotopic (exact) mass is 294 g/mol. The van der Waals surface area contributed by atoms with Crippen LogP contribution < -0.4 is 10.6 Å². The lowest BCUT2D eigenvalue weighted by atomic mass is 10.4. The van der Waals surface area contributed by atoms with E-state index in [0.717, 1.165) is 10.6 Å². The zero-order valence-electron chi connectivity index (χ0n) is 10.3. The van der Waals surface area contributed by atoms with Crippen LogP contribution in [0.2, 0.25) is 0 Å². The van der Waals surface area contributed by atoms with Crippen LogP contribution in [0, 0.1) is 0 Å². The summed E-state index contributed by atoms with van der Waals surface area (Å²) in [5.74, 6) is 0. The van der Waals surface area contributed by atoms with Crippen molar-refractivity contribution >= 4 is 41.9 Å². The Kier molecular flexibility index (Phi) is 4.99. The van der Waals surface area contributed by atoms with Crippen LogP contribution >= 0.6 is 31.3 Å². The highest BCUT2D eigenvalue weighted by molar-refractivity contribution is 7.98. The lowest BCUT2D eigenvalue weighted by molar-refractivity contribution is 0.598. The molecule has 4 heteroatoms. The summed E-state index contributed by atoms with van der Waals surface area (Å²) in [6, 6.07) is 16.0. The Morgan fingerprint density at radius 1 is 0.722 bits per heavy atom. The van der Waals surface area contributed by atoms with Gasteiger partial charge in [-0.25, -0.2) is 0 Å². The van der Waals surface area contributed by atoms with Crippen LogP contribution in [0.5, 0.6) is 0 Å². The standard InChI is InChI=1S/C14H15OPS2/c1-17-13-7-3-11(4-8-13)16(15)12-5-9-14(18-2)10-6-12/h3-10,16H,1-2H3. The molecule has 18 heavy (non-hydrogen) atoms. The van der Waals surface area contributed by atoms with Gasteiger partial charge in [0.05, 0.1) is 0 Å². The molecule has 0 aliphatic rings. The molecule has 0 bridgehead atoms. The van der Waals surface area contributed by atoms with E-state index in [1.54, 1.807) is 23.5 Å². The molecule has 0 spiro atoms. The van der Waals surface area contributed by atoms with Gasteiger partial charge >= 0.3 is 0 Å². The van der Waals surface area contributed by atoms with Crippen molar-refractivity contribution in [2.24, 2.45) is 0 Å². The molecule has 0 atom stereocenters. The number of rotatable bonds is 4. The largest absolute Gasteiger partial charge is 0.317 e. The molecule has 0 N–H and O–H groups in total. The zero-order valence-corrected chi connectivity index (χ0v) is 13.0. The van der Waals surface area contributed by atoms with Gasteiger partial charge in [-0.1, -0.05) is 24.3 Å². The molecular weight excluding hydrogens is 279 g/mol. The summed E-state index contributed by atoms with van der Waals surface area (Å²) >= 11 is 3.39. The third-order valence-electron chi connectivity index (χ3n) is 2.70. The van der Waals surface area contributed by atoms with Gasteiger partial charge in [0, 0.05) is 20.4 Å². The van der Waals surface area contributed by atoms with Crippen molar-refractivity contribution in [1.29, 1.82) is 0 Å². The Labute approximate surface area is 117 Å². The van der Waals surface area contributed by atoms with Crippen LogP contribution in [0.4, 0.5) is 0 Å². The molecule has 0 aromatic heterocycles. The van der Waals surface area contributed by atoms with Gasteiger partial charge in [-0.2, -0.15) is 0 Å². The predicted octanol–water partition coefficient (Wildman–Crippen LogP) is 3.64. The molecule has 1 nitrogen and oxygen atoms in total. The second-order valence-electron chi connectivity index (χ2n) is 3.79. The first kappa shape index (κ1) is 13.8. The minimum atomic E-state index is -1.86. The van der Waals surface area contributed by atoms with Crippen molar-refractivity contribution in [2.45, 2.75) is 9.79 Å². The van der Waals surface area contributed by atoms with Crippen molar-refractivity contribution < 1.29 is 4.57 Å². The molecule has 2 rings (SSSR count). The zero-order chi connectivity index (χ0) is 13.0. The van der Waals surface area contributed by atoms with Gasteiger partial charge in [0.1, 0.15) is 7.80 Å². The van der Waals surface area contributed by atoms with Gasteiger partial charge in [-0.15, -0.1) is 23.5 Å². The molecule has 2 aromatic carbocycles. The Morgan fingerprint density at radius 2 is 1.06 bits per heavy atom. The van der Waals surface area contributed by atoms with Gasteiger partial charge < -0.3 is 4.57 Å². The van der Waals surface area contributed by atoms with Crippen LogP contribution in [0.25, 0.3) is 0 Å². The summed E-state index contributed by atoms with van der Waals surface area (Å²) in [5, 5.41) is 1.85. The van der Waals surface area contributed by atoms with Gasteiger partial charge in [-0.3, -0.25) is 0 Å². The maximum Gasteiger partial charge on any atom is 0.131 e. The van der Waals surface area contributed by atoms with Crippen LogP contribution in [0.15, 0.2) is 58.3 Å². The molecule has 0 radical (unpaired) electrons. The molecule has 0 saturated heterocycles. The smallest absolute Gasteiger partial charge is 0.131 e. The highest BCUT2D eigenvalue weighted by Crippen LogP contribution is 2.23. The highest BCUT2D eigenvalue weighted by Gasteiger charge is 2.06. The van der Waals surface area contributed by atoms with Crippen molar-refractivity contribution in [1.82, 2.24) is 0 Å². The second kappa shape index (κ2) is 6.51. The van der Waals surface area contributed by atoms with E-state index in [1.807, 2.05) is 61.0 Å². The van der Waals surface area contributed by atoms with E-state index in [4.69, 9.17) is 0 Å². The van der Waals surface area contributed by atoms with Crippen molar-refractivity contribution in [3.8, 4) is 0 Å². The quantitative estimate of drug-likeness (QED) is 0.633. The third kappa shape index (κ3) is 3.23. The maximum atomic E-state index is 12.4. The molecule has 0 aliphatic carbocycles. The van der Waals surface area contributed by atoms with E-state index in [2.05, 4.69) is 0 Å². The summed E-state index contributed by atoms with van der Waals surface area (Å²) in [6.45, 7) is 0. The van der Waals surface area contributed by atoms with E-state index >= 15 is 0 Å². The molecule has 0 unspecified atom stereocenters. The molecule has 0 saturated carbocycles. The maximum absolute atomic E-state index is 12.4. The Morgan fingerprint density at radius 3 is 1.33 bits per heavy atom. The average molecular weight is 294 g/mol. The number of hydrogen-bond acceptors (Lipinski definition) is 3. The average Bonchev–Trinajstić information content (AvgIpc) is 2.47. The number of benzene rings is 2.